The first-order chi connectivity index (χ1) is 10.2. The standard InChI is InChI=1S/C14H15ClN4O2/c15-10-1-2-11-12(7-10)17-9-18-14(11)16-8-13(20)19-3-5-21-6-4-19/h1-2,7,9H,3-6,8H2,(H,16,17,18). The molecule has 1 aliphatic rings. The highest BCUT2D eigenvalue weighted by Gasteiger charge is 2.16. The fourth-order valence-electron chi connectivity index (χ4n) is 2.25. The van der Waals surface area contributed by atoms with Crippen LogP contribution in [0.25, 0.3) is 10.9 Å². The number of nitrogens with zero attached hydrogens (tertiary/aromatic N) is 3. The van der Waals surface area contributed by atoms with E-state index in [1.54, 1.807) is 17.0 Å². The molecule has 1 aliphatic heterocycles. The minimum atomic E-state index is 0.0408. The molecule has 2 aromatic rings. The maximum Gasteiger partial charge on any atom is 0.242 e. The Balaban J connectivity index is 1.71. The molecule has 0 atom stereocenters. The molecule has 1 aromatic heterocycles. The summed E-state index contributed by atoms with van der Waals surface area (Å²) >= 11 is 5.95. The molecule has 1 fully saturated rings. The number of anilines is 1. The topological polar surface area (TPSA) is 67.4 Å². The van der Waals surface area contributed by atoms with Crippen LogP contribution in [0.2, 0.25) is 5.02 Å². The van der Waals surface area contributed by atoms with Gasteiger partial charge in [-0.05, 0) is 18.2 Å². The molecule has 0 bridgehead atoms. The molecule has 1 aromatic carbocycles. The Morgan fingerprint density at radius 3 is 2.95 bits per heavy atom. The minimum absolute atomic E-state index is 0.0408. The van der Waals surface area contributed by atoms with E-state index in [1.165, 1.54) is 6.33 Å². The number of hydrogen-bond donors (Lipinski definition) is 1. The molecule has 21 heavy (non-hydrogen) atoms. The van der Waals surface area contributed by atoms with E-state index in [2.05, 4.69) is 15.3 Å². The molecule has 0 saturated carbocycles. The fraction of sp³-hybridized carbons (Fsp3) is 0.357. The molecule has 2 heterocycles. The third-order valence-electron chi connectivity index (χ3n) is 3.37. The number of ether oxygens (including phenoxy) is 1. The van der Waals surface area contributed by atoms with Crippen molar-refractivity contribution in [2.24, 2.45) is 0 Å². The molecule has 0 unspecified atom stereocenters. The number of fused-ring (bicyclic) bond motifs is 1. The van der Waals surface area contributed by atoms with Gasteiger partial charge in [0.05, 0.1) is 25.3 Å². The van der Waals surface area contributed by atoms with Crippen LogP contribution in [0.3, 0.4) is 0 Å². The summed E-state index contributed by atoms with van der Waals surface area (Å²) in [4.78, 5) is 22.3. The van der Waals surface area contributed by atoms with Gasteiger partial charge in [0.25, 0.3) is 0 Å². The Labute approximate surface area is 127 Å². The SMILES string of the molecule is O=C(CNc1ncnc2cc(Cl)ccc12)N1CCOCC1. The molecule has 0 spiro atoms. The zero-order chi connectivity index (χ0) is 14.7. The van der Waals surface area contributed by atoms with Gasteiger partial charge >= 0.3 is 0 Å². The first kappa shape index (κ1) is 14.0. The fourth-order valence-corrected chi connectivity index (χ4v) is 2.42. The van der Waals surface area contributed by atoms with E-state index in [4.69, 9.17) is 16.3 Å². The Bertz CT molecular complexity index is 658. The van der Waals surface area contributed by atoms with Crippen LogP contribution in [0, 0.1) is 0 Å². The zero-order valence-electron chi connectivity index (χ0n) is 11.4. The van der Waals surface area contributed by atoms with Crippen molar-refractivity contribution in [3.63, 3.8) is 0 Å². The predicted octanol–water partition coefficient (Wildman–Crippen LogP) is 1.55. The highest BCUT2D eigenvalue weighted by atomic mass is 35.5. The van der Waals surface area contributed by atoms with E-state index in [9.17, 15) is 4.79 Å². The summed E-state index contributed by atoms with van der Waals surface area (Å²) in [6, 6.07) is 5.40. The van der Waals surface area contributed by atoms with Crippen LogP contribution in [0.15, 0.2) is 24.5 Å². The summed E-state index contributed by atoms with van der Waals surface area (Å²) in [6.07, 6.45) is 1.46. The van der Waals surface area contributed by atoms with Crippen molar-refractivity contribution >= 4 is 34.2 Å². The van der Waals surface area contributed by atoms with Crippen molar-refractivity contribution in [1.29, 1.82) is 0 Å². The van der Waals surface area contributed by atoms with Crippen molar-refractivity contribution in [3.05, 3.63) is 29.5 Å². The zero-order valence-corrected chi connectivity index (χ0v) is 12.1. The smallest absolute Gasteiger partial charge is 0.242 e. The first-order valence-corrected chi connectivity index (χ1v) is 7.11. The van der Waals surface area contributed by atoms with Gasteiger partial charge in [-0.25, -0.2) is 9.97 Å². The van der Waals surface area contributed by atoms with Crippen LogP contribution in [0.4, 0.5) is 5.82 Å². The number of aromatic nitrogens is 2. The van der Waals surface area contributed by atoms with E-state index in [0.29, 0.717) is 37.1 Å². The van der Waals surface area contributed by atoms with Crippen LogP contribution < -0.4 is 5.32 Å². The Morgan fingerprint density at radius 1 is 1.33 bits per heavy atom. The number of carbonyl (C=O) groups excluding carboxylic acids is 1. The van der Waals surface area contributed by atoms with Crippen molar-refractivity contribution in [2.45, 2.75) is 0 Å². The summed E-state index contributed by atoms with van der Waals surface area (Å²) in [5, 5.41) is 4.54. The maximum atomic E-state index is 12.1. The first-order valence-electron chi connectivity index (χ1n) is 6.74. The largest absolute Gasteiger partial charge is 0.378 e. The predicted molar refractivity (Wildman–Crippen MR) is 80.4 cm³/mol. The van der Waals surface area contributed by atoms with Gasteiger partial charge < -0.3 is 15.0 Å². The van der Waals surface area contributed by atoms with Crippen LogP contribution in [0.5, 0.6) is 0 Å². The summed E-state index contributed by atoms with van der Waals surface area (Å²) in [6.45, 7) is 2.68. The normalized spacial score (nSPS) is 15.2. The van der Waals surface area contributed by atoms with Crippen molar-refractivity contribution in [2.75, 3.05) is 38.2 Å². The molecule has 110 valence electrons. The minimum Gasteiger partial charge on any atom is -0.378 e. The maximum absolute atomic E-state index is 12.1. The second-order valence-corrected chi connectivity index (χ2v) is 5.17. The number of benzene rings is 1. The summed E-state index contributed by atoms with van der Waals surface area (Å²) in [5.74, 6) is 0.678. The Kier molecular flexibility index (Phi) is 4.17. The lowest BCUT2D eigenvalue weighted by Gasteiger charge is -2.27. The number of rotatable bonds is 3. The Morgan fingerprint density at radius 2 is 2.14 bits per heavy atom. The molecule has 0 aliphatic carbocycles. The average molecular weight is 307 g/mol. The van der Waals surface area contributed by atoms with E-state index in [-0.39, 0.29) is 12.5 Å². The van der Waals surface area contributed by atoms with E-state index >= 15 is 0 Å². The highest BCUT2D eigenvalue weighted by Crippen LogP contribution is 2.22. The monoisotopic (exact) mass is 306 g/mol. The number of amides is 1. The number of carbonyl (C=O) groups is 1. The van der Waals surface area contributed by atoms with Gasteiger partial charge in [-0.15, -0.1) is 0 Å². The lowest BCUT2D eigenvalue weighted by molar-refractivity contribution is -0.133. The Hall–Kier alpha value is -1.92. The van der Waals surface area contributed by atoms with Crippen molar-refractivity contribution in [1.82, 2.24) is 14.9 Å². The van der Waals surface area contributed by atoms with E-state index in [0.717, 1.165) is 10.9 Å². The molecule has 1 amide bonds. The number of morpholine rings is 1. The lowest BCUT2D eigenvalue weighted by Crippen LogP contribution is -2.43. The second-order valence-electron chi connectivity index (χ2n) is 4.73. The summed E-state index contributed by atoms with van der Waals surface area (Å²) < 4.78 is 5.23. The molecular formula is C14H15ClN4O2. The molecule has 7 heteroatoms. The quantitative estimate of drug-likeness (QED) is 0.932. The highest BCUT2D eigenvalue weighted by molar-refractivity contribution is 6.31. The number of halogens is 1. The summed E-state index contributed by atoms with van der Waals surface area (Å²) in [7, 11) is 0. The second kappa shape index (κ2) is 6.24. The molecule has 1 saturated heterocycles. The van der Waals surface area contributed by atoms with E-state index < -0.39 is 0 Å². The van der Waals surface area contributed by atoms with Gasteiger partial charge in [-0.2, -0.15) is 0 Å². The van der Waals surface area contributed by atoms with Gasteiger partial charge in [-0.1, -0.05) is 11.6 Å². The third kappa shape index (κ3) is 3.22. The molecule has 0 radical (unpaired) electrons. The number of nitrogens with one attached hydrogen (secondary N) is 1. The van der Waals surface area contributed by atoms with Gasteiger partial charge in [0.15, 0.2) is 0 Å². The van der Waals surface area contributed by atoms with Crippen LogP contribution >= 0.6 is 11.6 Å². The molecule has 3 rings (SSSR count). The molecule has 6 nitrogen and oxygen atoms in total. The number of hydrogen-bond acceptors (Lipinski definition) is 5. The van der Waals surface area contributed by atoms with Crippen molar-refractivity contribution in [3.8, 4) is 0 Å². The lowest BCUT2D eigenvalue weighted by atomic mass is 10.2. The van der Waals surface area contributed by atoms with Crippen LogP contribution in [-0.2, 0) is 9.53 Å². The van der Waals surface area contributed by atoms with Gasteiger partial charge in [0.2, 0.25) is 5.91 Å². The van der Waals surface area contributed by atoms with Crippen LogP contribution in [0.1, 0.15) is 0 Å². The van der Waals surface area contributed by atoms with E-state index in [1.807, 2.05) is 6.07 Å². The molecule has 1 N–H and O–H groups in total. The van der Waals surface area contributed by atoms with Crippen molar-refractivity contribution < 1.29 is 9.53 Å². The van der Waals surface area contributed by atoms with Crippen LogP contribution in [-0.4, -0.2) is 53.6 Å². The summed E-state index contributed by atoms with van der Waals surface area (Å²) in [5.41, 5.74) is 0.749. The van der Waals surface area contributed by atoms with Gasteiger partial charge in [-0.3, -0.25) is 4.79 Å². The van der Waals surface area contributed by atoms with Gasteiger partial charge in [0.1, 0.15) is 12.1 Å². The third-order valence-corrected chi connectivity index (χ3v) is 3.60. The molecular weight excluding hydrogens is 292 g/mol. The van der Waals surface area contributed by atoms with Gasteiger partial charge in [0, 0.05) is 23.5 Å². The average Bonchev–Trinajstić information content (AvgIpc) is 2.53.